The van der Waals surface area contributed by atoms with Crippen molar-refractivity contribution >= 4 is 0 Å². The lowest BCUT2D eigenvalue weighted by Gasteiger charge is -2.48. The van der Waals surface area contributed by atoms with Crippen LogP contribution in [0.1, 0.15) is 66.2 Å². The van der Waals surface area contributed by atoms with E-state index in [9.17, 15) is 10.4 Å². The molecule has 2 fully saturated rings. The molecule has 3 rings (SSSR count). The molecule has 3 aliphatic carbocycles. The first kappa shape index (κ1) is 18.9. The van der Waals surface area contributed by atoms with Crippen LogP contribution in [0, 0.1) is 51.8 Å². The summed E-state index contributed by atoms with van der Waals surface area (Å²) in [4.78, 5) is 0. The standard InChI is InChI=1S/C22H35NO2/c1-14(2)18-9-16-11-21(18,4)22(12-16,13-23)19-10-20(25)15(3)17(19)7-5-6-8-24/h9,14-17,19-20,24-25H,5-8,10-12H2,1-4H3/t15?,16?,17?,19?,20?,21-,22+/m1/s1. The van der Waals surface area contributed by atoms with Gasteiger partial charge in [0.1, 0.15) is 0 Å². The summed E-state index contributed by atoms with van der Waals surface area (Å²) in [5, 5.41) is 30.2. The summed E-state index contributed by atoms with van der Waals surface area (Å²) in [6.45, 7) is 9.23. The quantitative estimate of drug-likeness (QED) is 0.557. The fourth-order valence-electron chi connectivity index (χ4n) is 6.81. The van der Waals surface area contributed by atoms with Crippen LogP contribution in [0.5, 0.6) is 0 Å². The largest absolute Gasteiger partial charge is 0.396 e. The summed E-state index contributed by atoms with van der Waals surface area (Å²) < 4.78 is 0. The summed E-state index contributed by atoms with van der Waals surface area (Å²) in [5.74, 6) is 1.94. The lowest BCUT2D eigenvalue weighted by Crippen LogP contribution is -2.45. The van der Waals surface area contributed by atoms with Gasteiger partial charge in [-0.3, -0.25) is 0 Å². The zero-order chi connectivity index (χ0) is 18.4. The average Bonchev–Trinajstić information content (AvgIpc) is 3.16. The smallest absolute Gasteiger partial charge is 0.0702 e. The molecule has 5 unspecified atom stereocenters. The van der Waals surface area contributed by atoms with E-state index in [0.717, 1.165) is 38.5 Å². The number of nitriles is 1. The van der Waals surface area contributed by atoms with Crippen molar-refractivity contribution in [2.24, 2.45) is 40.4 Å². The number of nitrogens with zero attached hydrogens (tertiary/aromatic N) is 1. The number of allylic oxidation sites excluding steroid dienone is 2. The molecule has 0 amide bonds. The van der Waals surface area contributed by atoms with E-state index in [0.29, 0.717) is 17.8 Å². The summed E-state index contributed by atoms with van der Waals surface area (Å²) in [7, 11) is 0. The van der Waals surface area contributed by atoms with Crippen molar-refractivity contribution in [1.29, 1.82) is 5.26 Å². The summed E-state index contributed by atoms with van der Waals surface area (Å²) in [5.41, 5.74) is 1.11. The van der Waals surface area contributed by atoms with E-state index in [1.165, 1.54) is 5.57 Å². The molecule has 2 bridgehead atoms. The molecule has 0 saturated heterocycles. The van der Waals surface area contributed by atoms with Crippen molar-refractivity contribution in [3.63, 3.8) is 0 Å². The molecule has 0 aromatic heterocycles. The Morgan fingerprint density at radius 1 is 1.32 bits per heavy atom. The van der Waals surface area contributed by atoms with Gasteiger partial charge in [-0.05, 0) is 61.7 Å². The number of aliphatic hydroxyl groups excluding tert-OH is 2. The van der Waals surface area contributed by atoms with E-state index in [-0.39, 0.29) is 35.4 Å². The number of hydrogen-bond donors (Lipinski definition) is 2. The highest BCUT2D eigenvalue weighted by molar-refractivity contribution is 5.37. The highest BCUT2D eigenvalue weighted by Gasteiger charge is 2.66. The van der Waals surface area contributed by atoms with E-state index < -0.39 is 0 Å². The molecule has 0 aliphatic heterocycles. The predicted octanol–water partition coefficient (Wildman–Crippen LogP) is 4.30. The second kappa shape index (κ2) is 6.71. The number of hydrogen-bond acceptors (Lipinski definition) is 3. The first-order chi connectivity index (χ1) is 11.8. The van der Waals surface area contributed by atoms with E-state index in [4.69, 9.17) is 5.11 Å². The Balaban J connectivity index is 1.95. The molecular formula is C22H35NO2. The molecule has 0 aromatic rings. The van der Waals surface area contributed by atoms with Crippen LogP contribution in [-0.4, -0.2) is 22.9 Å². The second-order valence-corrected chi connectivity index (χ2v) is 9.51. The van der Waals surface area contributed by atoms with Gasteiger partial charge in [-0.2, -0.15) is 5.26 Å². The lowest BCUT2D eigenvalue weighted by atomic mass is 9.53. The molecule has 3 heteroatoms. The monoisotopic (exact) mass is 345 g/mol. The Morgan fingerprint density at radius 3 is 2.60 bits per heavy atom. The topological polar surface area (TPSA) is 64.2 Å². The fourth-order valence-corrected chi connectivity index (χ4v) is 6.81. The Labute approximate surface area is 153 Å². The van der Waals surface area contributed by atoms with Gasteiger partial charge in [0.25, 0.3) is 0 Å². The second-order valence-electron chi connectivity index (χ2n) is 9.51. The molecule has 0 heterocycles. The number of aliphatic hydroxyl groups is 2. The van der Waals surface area contributed by atoms with Crippen LogP contribution >= 0.6 is 0 Å². The molecule has 2 N–H and O–H groups in total. The minimum atomic E-state index is -0.332. The van der Waals surface area contributed by atoms with Crippen molar-refractivity contribution in [2.45, 2.75) is 72.3 Å². The van der Waals surface area contributed by atoms with Gasteiger partial charge in [-0.25, -0.2) is 0 Å². The van der Waals surface area contributed by atoms with E-state index in [2.05, 4.69) is 39.8 Å². The van der Waals surface area contributed by atoms with Crippen LogP contribution in [0.15, 0.2) is 11.6 Å². The van der Waals surface area contributed by atoms with Crippen LogP contribution in [0.3, 0.4) is 0 Å². The van der Waals surface area contributed by atoms with Crippen LogP contribution < -0.4 is 0 Å². The minimum Gasteiger partial charge on any atom is -0.396 e. The Hall–Kier alpha value is -0.850. The van der Waals surface area contributed by atoms with Crippen molar-refractivity contribution in [1.82, 2.24) is 0 Å². The highest BCUT2D eigenvalue weighted by Crippen LogP contribution is 2.71. The maximum Gasteiger partial charge on any atom is 0.0702 e. The van der Waals surface area contributed by atoms with Gasteiger partial charge < -0.3 is 10.2 Å². The highest BCUT2D eigenvalue weighted by atomic mass is 16.3. The SMILES string of the molecule is CC(C)C1=CC2C[C@@]1(C)[C@@](C#N)(C1CC(O)C(C)C1CCCCO)C2. The van der Waals surface area contributed by atoms with Crippen LogP contribution in [-0.2, 0) is 0 Å². The number of unbranched alkanes of at least 4 members (excludes halogenated alkanes) is 1. The summed E-state index contributed by atoms with van der Waals surface area (Å²) in [6, 6.07) is 2.84. The third-order valence-corrected chi connectivity index (χ3v) is 7.99. The molecular weight excluding hydrogens is 310 g/mol. The van der Waals surface area contributed by atoms with Gasteiger partial charge >= 0.3 is 0 Å². The average molecular weight is 346 g/mol. The maximum atomic E-state index is 10.6. The molecule has 2 saturated carbocycles. The zero-order valence-corrected chi connectivity index (χ0v) is 16.3. The molecule has 0 spiro atoms. The molecule has 140 valence electrons. The van der Waals surface area contributed by atoms with Crippen molar-refractivity contribution in [3.05, 3.63) is 11.6 Å². The number of fused-ring (bicyclic) bond motifs is 2. The first-order valence-corrected chi connectivity index (χ1v) is 10.2. The first-order valence-electron chi connectivity index (χ1n) is 10.2. The van der Waals surface area contributed by atoms with Crippen molar-refractivity contribution in [3.8, 4) is 6.07 Å². The molecule has 3 nitrogen and oxygen atoms in total. The van der Waals surface area contributed by atoms with Gasteiger partial charge in [0.15, 0.2) is 0 Å². The molecule has 7 atom stereocenters. The van der Waals surface area contributed by atoms with Gasteiger partial charge in [0, 0.05) is 12.0 Å². The van der Waals surface area contributed by atoms with Gasteiger partial charge in [-0.1, -0.05) is 45.8 Å². The van der Waals surface area contributed by atoms with E-state index >= 15 is 0 Å². The summed E-state index contributed by atoms with van der Waals surface area (Å²) >= 11 is 0. The molecule has 0 radical (unpaired) electrons. The fraction of sp³-hybridized carbons (Fsp3) is 0.864. The van der Waals surface area contributed by atoms with Gasteiger partial charge in [0.2, 0.25) is 0 Å². The normalized spacial score (nSPS) is 45.8. The van der Waals surface area contributed by atoms with Crippen LogP contribution in [0.25, 0.3) is 0 Å². The third-order valence-electron chi connectivity index (χ3n) is 7.99. The molecule has 0 aromatic carbocycles. The Kier molecular flexibility index (Phi) is 5.08. The Morgan fingerprint density at radius 2 is 2.04 bits per heavy atom. The van der Waals surface area contributed by atoms with E-state index in [1.54, 1.807) is 0 Å². The zero-order valence-electron chi connectivity index (χ0n) is 16.3. The van der Waals surface area contributed by atoms with Crippen molar-refractivity contribution in [2.75, 3.05) is 6.61 Å². The Bertz CT molecular complexity index is 577. The molecule has 3 aliphatic rings. The predicted molar refractivity (Wildman–Crippen MR) is 99.5 cm³/mol. The van der Waals surface area contributed by atoms with Gasteiger partial charge in [-0.15, -0.1) is 0 Å². The number of rotatable bonds is 6. The summed E-state index contributed by atoms with van der Waals surface area (Å²) in [6.07, 6.45) is 7.85. The van der Waals surface area contributed by atoms with Crippen molar-refractivity contribution < 1.29 is 10.2 Å². The van der Waals surface area contributed by atoms with E-state index in [1.807, 2.05) is 0 Å². The van der Waals surface area contributed by atoms with Crippen LogP contribution in [0.4, 0.5) is 0 Å². The minimum absolute atomic E-state index is 0.0374. The molecule has 25 heavy (non-hydrogen) atoms. The third kappa shape index (κ3) is 2.68. The lowest BCUT2D eigenvalue weighted by molar-refractivity contribution is 0.0619. The maximum absolute atomic E-state index is 10.6. The van der Waals surface area contributed by atoms with Crippen LogP contribution in [0.2, 0.25) is 0 Å². The van der Waals surface area contributed by atoms with Gasteiger partial charge in [0.05, 0.1) is 17.6 Å².